The first kappa shape index (κ1) is 18.1. The minimum atomic E-state index is -0.416. The largest absolute Gasteiger partial charge is 0.493 e. The van der Waals surface area contributed by atoms with E-state index in [0.29, 0.717) is 22.1 Å². The van der Waals surface area contributed by atoms with Gasteiger partial charge in [0.2, 0.25) is 10.6 Å². The standard InChI is InChI=1S/C18H18N6O3S/c1-10(25)27-14-7-6-11(8-15(14)26-2)9-19-24-17(22-23-18(24)28)16-12-4-3-5-13(12)20-21-16/h6-9H,3-5H2,1-2H3,(H,20,21)(H,23,28). The number of ether oxygens (including phenoxy) is 2. The molecule has 28 heavy (non-hydrogen) atoms. The first-order valence-electron chi connectivity index (χ1n) is 8.71. The molecule has 1 aliphatic rings. The number of hydrogen-bond acceptors (Lipinski definition) is 7. The average Bonchev–Trinajstić information content (AvgIpc) is 3.36. The number of aryl methyl sites for hydroxylation is 1. The predicted octanol–water partition coefficient (Wildman–Crippen LogP) is 2.64. The molecule has 9 nitrogen and oxygen atoms in total. The Morgan fingerprint density at radius 3 is 2.93 bits per heavy atom. The minimum absolute atomic E-state index is 0.347. The molecule has 2 N–H and O–H groups in total. The highest BCUT2D eigenvalue weighted by Crippen LogP contribution is 2.30. The lowest BCUT2D eigenvalue weighted by molar-refractivity contribution is -0.132. The van der Waals surface area contributed by atoms with Gasteiger partial charge in [0.1, 0.15) is 5.69 Å². The molecule has 3 aromatic rings. The summed E-state index contributed by atoms with van der Waals surface area (Å²) in [6.45, 7) is 1.34. The third-order valence-corrected chi connectivity index (χ3v) is 4.70. The lowest BCUT2D eigenvalue weighted by Gasteiger charge is -2.08. The van der Waals surface area contributed by atoms with Crippen LogP contribution in [-0.2, 0) is 17.6 Å². The van der Waals surface area contributed by atoms with Crippen LogP contribution >= 0.6 is 12.2 Å². The van der Waals surface area contributed by atoms with Crippen LogP contribution in [0.15, 0.2) is 23.3 Å². The van der Waals surface area contributed by atoms with Crippen LogP contribution in [0.2, 0.25) is 0 Å². The first-order valence-corrected chi connectivity index (χ1v) is 9.12. The minimum Gasteiger partial charge on any atom is -0.493 e. The topological polar surface area (TPSA) is 110 Å². The van der Waals surface area contributed by atoms with Crippen molar-refractivity contribution in [3.8, 4) is 23.0 Å². The van der Waals surface area contributed by atoms with Crippen molar-refractivity contribution in [3.63, 3.8) is 0 Å². The number of methoxy groups -OCH3 is 1. The van der Waals surface area contributed by atoms with Crippen molar-refractivity contribution in [3.05, 3.63) is 39.8 Å². The smallest absolute Gasteiger partial charge is 0.308 e. The molecule has 0 unspecified atom stereocenters. The molecular weight excluding hydrogens is 380 g/mol. The van der Waals surface area contributed by atoms with Crippen LogP contribution in [0.3, 0.4) is 0 Å². The van der Waals surface area contributed by atoms with Crippen LogP contribution in [0.4, 0.5) is 0 Å². The van der Waals surface area contributed by atoms with Crippen molar-refractivity contribution in [2.24, 2.45) is 5.10 Å². The molecular formula is C18H18N6O3S. The van der Waals surface area contributed by atoms with E-state index >= 15 is 0 Å². The first-order chi connectivity index (χ1) is 13.6. The van der Waals surface area contributed by atoms with Gasteiger partial charge in [-0.3, -0.25) is 9.89 Å². The summed E-state index contributed by atoms with van der Waals surface area (Å²) < 4.78 is 12.3. The molecule has 0 radical (unpaired) electrons. The fraction of sp³-hybridized carbons (Fsp3) is 0.278. The summed E-state index contributed by atoms with van der Waals surface area (Å²) in [6.07, 6.45) is 4.67. The van der Waals surface area contributed by atoms with Gasteiger partial charge in [0.15, 0.2) is 11.5 Å². The van der Waals surface area contributed by atoms with Crippen LogP contribution < -0.4 is 9.47 Å². The van der Waals surface area contributed by atoms with Crippen LogP contribution in [0, 0.1) is 4.77 Å². The summed E-state index contributed by atoms with van der Waals surface area (Å²) in [6, 6.07) is 5.13. The maximum absolute atomic E-state index is 11.2. The number of rotatable bonds is 5. The molecule has 0 saturated heterocycles. The van der Waals surface area contributed by atoms with E-state index < -0.39 is 5.97 Å². The third kappa shape index (κ3) is 3.33. The number of benzene rings is 1. The van der Waals surface area contributed by atoms with Crippen molar-refractivity contribution in [1.29, 1.82) is 0 Å². The number of nitrogens with zero attached hydrogens (tertiary/aromatic N) is 4. The van der Waals surface area contributed by atoms with E-state index in [4.69, 9.17) is 21.7 Å². The number of aromatic amines is 2. The number of carbonyl (C=O) groups excluding carboxylic acids is 1. The van der Waals surface area contributed by atoms with Gasteiger partial charge in [0.25, 0.3) is 0 Å². The SMILES string of the molecule is COc1cc(C=Nn2c(-c3n[nH]c4c3CCC4)n[nH]c2=S)ccc1OC(C)=O. The Bertz CT molecular complexity index is 1130. The molecule has 0 atom stereocenters. The fourth-order valence-electron chi connectivity index (χ4n) is 3.18. The molecule has 0 bridgehead atoms. The van der Waals surface area contributed by atoms with E-state index in [-0.39, 0.29) is 0 Å². The number of H-pyrrole nitrogens is 2. The maximum atomic E-state index is 11.2. The van der Waals surface area contributed by atoms with Gasteiger partial charge >= 0.3 is 5.97 Å². The predicted molar refractivity (Wildman–Crippen MR) is 104 cm³/mol. The Morgan fingerprint density at radius 1 is 1.29 bits per heavy atom. The molecule has 0 saturated carbocycles. The second-order valence-electron chi connectivity index (χ2n) is 6.30. The highest BCUT2D eigenvalue weighted by atomic mass is 32.1. The normalized spacial score (nSPS) is 13.1. The maximum Gasteiger partial charge on any atom is 0.308 e. The highest BCUT2D eigenvalue weighted by Gasteiger charge is 2.23. The molecule has 4 rings (SSSR count). The van der Waals surface area contributed by atoms with Gasteiger partial charge < -0.3 is 9.47 Å². The summed E-state index contributed by atoms with van der Waals surface area (Å²) in [5, 5.41) is 19.0. The monoisotopic (exact) mass is 398 g/mol. The summed E-state index contributed by atoms with van der Waals surface area (Å²) in [4.78, 5) is 11.2. The zero-order valence-corrected chi connectivity index (χ0v) is 16.2. The summed E-state index contributed by atoms with van der Waals surface area (Å²) >= 11 is 5.32. The van der Waals surface area contributed by atoms with E-state index in [1.165, 1.54) is 18.7 Å². The van der Waals surface area contributed by atoms with E-state index in [1.807, 2.05) is 0 Å². The van der Waals surface area contributed by atoms with Crippen molar-refractivity contribution in [2.45, 2.75) is 26.2 Å². The van der Waals surface area contributed by atoms with Crippen LogP contribution in [0.1, 0.15) is 30.2 Å². The average molecular weight is 398 g/mol. The van der Waals surface area contributed by atoms with Gasteiger partial charge in [-0.25, -0.2) is 5.10 Å². The Morgan fingerprint density at radius 2 is 2.14 bits per heavy atom. The number of esters is 1. The Hall–Kier alpha value is -3.27. The lowest BCUT2D eigenvalue weighted by Crippen LogP contribution is -2.03. The van der Waals surface area contributed by atoms with Gasteiger partial charge in [0, 0.05) is 18.2 Å². The zero-order valence-electron chi connectivity index (χ0n) is 15.4. The summed E-state index contributed by atoms with van der Waals surface area (Å²) in [5.74, 6) is 0.921. The second-order valence-corrected chi connectivity index (χ2v) is 6.68. The van der Waals surface area contributed by atoms with E-state index in [9.17, 15) is 4.79 Å². The molecule has 0 amide bonds. The van der Waals surface area contributed by atoms with E-state index in [2.05, 4.69) is 25.5 Å². The van der Waals surface area contributed by atoms with Crippen molar-refractivity contribution in [1.82, 2.24) is 25.1 Å². The molecule has 1 aliphatic carbocycles. The summed E-state index contributed by atoms with van der Waals surface area (Å²) in [5.41, 5.74) is 3.82. The molecule has 2 heterocycles. The van der Waals surface area contributed by atoms with Gasteiger partial charge in [-0.2, -0.15) is 20.0 Å². The van der Waals surface area contributed by atoms with E-state index in [0.717, 1.165) is 41.8 Å². The molecule has 0 fully saturated rings. The van der Waals surface area contributed by atoms with Crippen molar-refractivity contribution >= 4 is 24.4 Å². The van der Waals surface area contributed by atoms with Gasteiger partial charge in [0.05, 0.1) is 13.3 Å². The Balaban J connectivity index is 1.67. The number of nitrogens with one attached hydrogen (secondary N) is 2. The number of hydrogen-bond donors (Lipinski definition) is 2. The van der Waals surface area contributed by atoms with Crippen LogP contribution in [0.5, 0.6) is 11.5 Å². The number of aromatic nitrogens is 5. The molecule has 144 valence electrons. The van der Waals surface area contributed by atoms with Crippen molar-refractivity contribution < 1.29 is 14.3 Å². The molecule has 2 aromatic heterocycles. The number of fused-ring (bicyclic) bond motifs is 1. The fourth-order valence-corrected chi connectivity index (χ4v) is 3.36. The van der Waals surface area contributed by atoms with Crippen molar-refractivity contribution in [2.75, 3.05) is 7.11 Å². The zero-order chi connectivity index (χ0) is 19.7. The Kier molecular flexibility index (Phi) is 4.78. The van der Waals surface area contributed by atoms with Gasteiger partial charge in [-0.05, 0) is 55.2 Å². The highest BCUT2D eigenvalue weighted by molar-refractivity contribution is 7.71. The molecule has 0 aliphatic heterocycles. The quantitative estimate of drug-likeness (QED) is 0.296. The Labute approximate surface area is 165 Å². The second kappa shape index (κ2) is 7.39. The number of carbonyl (C=O) groups is 1. The lowest BCUT2D eigenvalue weighted by atomic mass is 10.2. The van der Waals surface area contributed by atoms with Crippen LogP contribution in [-0.4, -0.2) is 44.4 Å². The molecule has 1 aromatic carbocycles. The molecule has 0 spiro atoms. The van der Waals surface area contributed by atoms with Crippen LogP contribution in [0.25, 0.3) is 11.5 Å². The molecule has 10 heteroatoms. The summed E-state index contributed by atoms with van der Waals surface area (Å²) in [7, 11) is 1.51. The van der Waals surface area contributed by atoms with Gasteiger partial charge in [-0.1, -0.05) is 0 Å². The van der Waals surface area contributed by atoms with Gasteiger partial charge in [-0.15, -0.1) is 0 Å². The van der Waals surface area contributed by atoms with E-state index in [1.54, 1.807) is 24.4 Å². The third-order valence-electron chi connectivity index (χ3n) is 4.43.